The van der Waals surface area contributed by atoms with Gasteiger partial charge >= 0.3 is 5.97 Å². The van der Waals surface area contributed by atoms with Crippen LogP contribution in [0.3, 0.4) is 0 Å². The maximum absolute atomic E-state index is 11.9. The number of nitriles is 1. The second-order valence-electron chi connectivity index (χ2n) is 4.57. The number of aromatic nitrogens is 1. The van der Waals surface area contributed by atoms with E-state index in [9.17, 15) is 4.79 Å². The van der Waals surface area contributed by atoms with Crippen molar-refractivity contribution in [1.29, 1.82) is 5.26 Å². The van der Waals surface area contributed by atoms with Gasteiger partial charge in [-0.05, 0) is 31.0 Å². The van der Waals surface area contributed by atoms with Crippen LogP contribution in [-0.4, -0.2) is 17.6 Å². The van der Waals surface area contributed by atoms with Gasteiger partial charge in [-0.3, -0.25) is 0 Å². The number of nitrogens with two attached hydrogens (primary N) is 1. The number of carbonyl (C=O) groups is 1. The molecule has 5 nitrogen and oxygen atoms in total. The van der Waals surface area contributed by atoms with E-state index in [2.05, 4.69) is 0 Å². The van der Waals surface area contributed by atoms with Gasteiger partial charge in [0.05, 0.1) is 18.4 Å². The highest BCUT2D eigenvalue weighted by Crippen LogP contribution is 2.26. The van der Waals surface area contributed by atoms with Crippen LogP contribution in [0.1, 0.15) is 27.2 Å². The Balaban J connectivity index is 2.77. The largest absolute Gasteiger partial charge is 0.464 e. The molecule has 1 aromatic carbocycles. The summed E-state index contributed by atoms with van der Waals surface area (Å²) in [6.45, 7) is 3.89. The van der Waals surface area contributed by atoms with Crippen LogP contribution in [-0.2, 0) is 4.74 Å². The van der Waals surface area contributed by atoms with Crippen molar-refractivity contribution in [3.63, 3.8) is 0 Å². The fourth-order valence-electron chi connectivity index (χ4n) is 2.08. The second kappa shape index (κ2) is 5.10. The van der Waals surface area contributed by atoms with E-state index in [0.717, 1.165) is 16.8 Å². The lowest BCUT2D eigenvalue weighted by Crippen LogP contribution is -2.11. The molecule has 1 aromatic heterocycles. The molecule has 20 heavy (non-hydrogen) atoms. The number of methoxy groups -OCH3 is 1. The Hall–Kier alpha value is -2.74. The van der Waals surface area contributed by atoms with Gasteiger partial charge in [0.25, 0.3) is 0 Å². The third kappa shape index (κ3) is 2.12. The van der Waals surface area contributed by atoms with E-state index < -0.39 is 5.97 Å². The highest BCUT2D eigenvalue weighted by molar-refractivity contribution is 5.96. The van der Waals surface area contributed by atoms with Crippen LogP contribution in [0.5, 0.6) is 0 Å². The number of ether oxygens (including phenoxy) is 1. The average molecular weight is 269 g/mol. The summed E-state index contributed by atoms with van der Waals surface area (Å²) in [5.41, 5.74) is 9.27. The quantitative estimate of drug-likeness (QED) is 0.848. The molecule has 2 aromatic rings. The lowest BCUT2D eigenvalue weighted by atomic mass is 10.1. The van der Waals surface area contributed by atoms with Gasteiger partial charge in [0.1, 0.15) is 6.07 Å². The zero-order valence-corrected chi connectivity index (χ0v) is 11.6. The molecular formula is C15H15N3O2. The van der Waals surface area contributed by atoms with Gasteiger partial charge in [0, 0.05) is 11.9 Å². The summed E-state index contributed by atoms with van der Waals surface area (Å²) >= 11 is 0. The van der Waals surface area contributed by atoms with Crippen molar-refractivity contribution in [1.82, 2.24) is 4.57 Å². The fourth-order valence-corrected chi connectivity index (χ4v) is 2.08. The molecule has 0 aliphatic heterocycles. The molecule has 0 saturated carbocycles. The number of nitrogen functional groups attached to an aromatic ring is 1. The van der Waals surface area contributed by atoms with Crippen LogP contribution in [0.4, 0.5) is 5.69 Å². The number of aryl methyl sites for hydroxylation is 2. The lowest BCUT2D eigenvalue weighted by molar-refractivity contribution is 0.0593. The standard InChI is InChI=1S/C15H15N3O2/c1-9-4-5-10(2)12(6-9)18-8-11(7-16)13(17)14(18)15(19)20-3/h4-6,8H,17H2,1-3H3. The number of benzene rings is 1. The fraction of sp³-hybridized carbons (Fsp3) is 0.200. The minimum Gasteiger partial charge on any atom is -0.464 e. The summed E-state index contributed by atoms with van der Waals surface area (Å²) in [5.74, 6) is -0.565. The van der Waals surface area contributed by atoms with Crippen molar-refractivity contribution in [2.45, 2.75) is 13.8 Å². The van der Waals surface area contributed by atoms with E-state index >= 15 is 0 Å². The van der Waals surface area contributed by atoms with Crippen molar-refractivity contribution in [3.8, 4) is 11.8 Å². The number of nitrogens with zero attached hydrogens (tertiary/aromatic N) is 2. The lowest BCUT2D eigenvalue weighted by Gasteiger charge is -2.12. The number of esters is 1. The van der Waals surface area contributed by atoms with Gasteiger partial charge in [-0.15, -0.1) is 0 Å². The monoisotopic (exact) mass is 269 g/mol. The van der Waals surface area contributed by atoms with Gasteiger partial charge in [-0.2, -0.15) is 5.26 Å². The van der Waals surface area contributed by atoms with Crippen molar-refractivity contribution >= 4 is 11.7 Å². The summed E-state index contributed by atoms with van der Waals surface area (Å²) < 4.78 is 6.37. The molecule has 0 aliphatic rings. The molecule has 0 amide bonds. The van der Waals surface area contributed by atoms with Gasteiger partial charge in [-0.25, -0.2) is 4.79 Å². The van der Waals surface area contributed by atoms with E-state index in [4.69, 9.17) is 15.7 Å². The van der Waals surface area contributed by atoms with Gasteiger partial charge < -0.3 is 15.0 Å². The average Bonchev–Trinajstić information content (AvgIpc) is 2.77. The third-order valence-corrected chi connectivity index (χ3v) is 3.17. The van der Waals surface area contributed by atoms with E-state index in [0.29, 0.717) is 0 Å². The SMILES string of the molecule is COC(=O)c1c(N)c(C#N)cn1-c1cc(C)ccc1C. The normalized spacial score (nSPS) is 10.1. The van der Waals surface area contributed by atoms with Crippen molar-refractivity contribution in [2.24, 2.45) is 0 Å². The minimum absolute atomic E-state index is 0.139. The second-order valence-corrected chi connectivity index (χ2v) is 4.57. The molecule has 2 N–H and O–H groups in total. The van der Waals surface area contributed by atoms with Crippen LogP contribution in [0.2, 0.25) is 0 Å². The molecular weight excluding hydrogens is 254 g/mol. The molecule has 0 atom stereocenters. The van der Waals surface area contributed by atoms with Gasteiger partial charge in [0.2, 0.25) is 0 Å². The number of carbonyl (C=O) groups excluding carboxylic acids is 1. The molecule has 0 bridgehead atoms. The number of hydrogen-bond acceptors (Lipinski definition) is 4. The summed E-state index contributed by atoms with van der Waals surface area (Å²) in [6, 6.07) is 7.85. The summed E-state index contributed by atoms with van der Waals surface area (Å²) in [5, 5.41) is 9.09. The van der Waals surface area contributed by atoms with Crippen LogP contribution >= 0.6 is 0 Å². The molecule has 1 heterocycles. The summed E-state index contributed by atoms with van der Waals surface area (Å²) in [4.78, 5) is 11.9. The third-order valence-electron chi connectivity index (χ3n) is 3.17. The zero-order chi connectivity index (χ0) is 14.9. The highest BCUT2D eigenvalue weighted by Gasteiger charge is 2.22. The first-order valence-electron chi connectivity index (χ1n) is 6.06. The van der Waals surface area contributed by atoms with E-state index in [1.54, 1.807) is 10.8 Å². The van der Waals surface area contributed by atoms with E-state index in [-0.39, 0.29) is 16.9 Å². The maximum Gasteiger partial charge on any atom is 0.357 e. The number of rotatable bonds is 2. The molecule has 0 unspecified atom stereocenters. The van der Waals surface area contributed by atoms with Crippen LogP contribution in [0.15, 0.2) is 24.4 Å². The van der Waals surface area contributed by atoms with Crippen molar-refractivity contribution < 1.29 is 9.53 Å². The Morgan fingerprint density at radius 2 is 2.10 bits per heavy atom. The first kappa shape index (κ1) is 13.7. The predicted molar refractivity (Wildman–Crippen MR) is 75.7 cm³/mol. The Morgan fingerprint density at radius 3 is 2.70 bits per heavy atom. The first-order chi connectivity index (χ1) is 9.49. The van der Waals surface area contributed by atoms with Gasteiger partial charge in [-0.1, -0.05) is 12.1 Å². The molecule has 0 spiro atoms. The Kier molecular flexibility index (Phi) is 3.49. The Morgan fingerprint density at radius 1 is 1.40 bits per heavy atom. The molecule has 0 radical (unpaired) electrons. The highest BCUT2D eigenvalue weighted by atomic mass is 16.5. The summed E-state index contributed by atoms with van der Waals surface area (Å²) in [6.07, 6.45) is 1.56. The molecule has 5 heteroatoms. The smallest absolute Gasteiger partial charge is 0.357 e. The van der Waals surface area contributed by atoms with Crippen molar-refractivity contribution in [2.75, 3.05) is 12.8 Å². The number of anilines is 1. The molecule has 0 fully saturated rings. The van der Waals surface area contributed by atoms with Crippen molar-refractivity contribution in [3.05, 3.63) is 46.8 Å². The predicted octanol–water partition coefficient (Wildman–Crippen LogP) is 2.33. The molecule has 102 valence electrons. The minimum atomic E-state index is -0.565. The molecule has 2 rings (SSSR count). The maximum atomic E-state index is 11.9. The van der Waals surface area contributed by atoms with E-state index in [1.807, 2.05) is 38.1 Å². The Labute approximate surface area is 117 Å². The van der Waals surface area contributed by atoms with Crippen LogP contribution < -0.4 is 5.73 Å². The van der Waals surface area contributed by atoms with Gasteiger partial charge in [0.15, 0.2) is 5.69 Å². The van der Waals surface area contributed by atoms with Crippen LogP contribution in [0.25, 0.3) is 5.69 Å². The number of hydrogen-bond donors (Lipinski definition) is 1. The summed E-state index contributed by atoms with van der Waals surface area (Å²) in [7, 11) is 1.29. The zero-order valence-electron chi connectivity index (χ0n) is 11.6. The molecule has 0 aliphatic carbocycles. The van der Waals surface area contributed by atoms with Crippen LogP contribution in [0, 0.1) is 25.2 Å². The molecule has 0 saturated heterocycles. The topological polar surface area (TPSA) is 81.0 Å². The first-order valence-corrected chi connectivity index (χ1v) is 6.06. The van der Waals surface area contributed by atoms with E-state index in [1.165, 1.54) is 7.11 Å². The Bertz CT molecular complexity index is 723.